The fourth-order valence-corrected chi connectivity index (χ4v) is 3.37. The van der Waals surface area contributed by atoms with E-state index in [0.29, 0.717) is 17.4 Å². The van der Waals surface area contributed by atoms with Crippen LogP contribution >= 0.6 is 0 Å². The first-order valence-electron chi connectivity index (χ1n) is 14.2. The zero-order chi connectivity index (χ0) is 28.5. The number of carbonyl (C=O) groups excluding carboxylic acids is 1. The third-order valence-electron chi connectivity index (χ3n) is 5.64. The van der Waals surface area contributed by atoms with Gasteiger partial charge in [0.1, 0.15) is 19.3 Å². The van der Waals surface area contributed by atoms with Gasteiger partial charge in [-0.25, -0.2) is 4.79 Å². The number of quaternary nitrogens is 1. The van der Waals surface area contributed by atoms with Crippen LogP contribution in [0.4, 0.5) is 0 Å². The Morgan fingerprint density at radius 2 is 1.37 bits per heavy atom. The van der Waals surface area contributed by atoms with E-state index in [4.69, 9.17) is 14.2 Å². The van der Waals surface area contributed by atoms with Crippen molar-refractivity contribution in [3.05, 3.63) is 36.5 Å². The maximum Gasteiger partial charge on any atom is 0.361 e. The first-order chi connectivity index (χ1) is 18.2. The number of aliphatic hydroxyl groups excluding tert-OH is 1. The van der Waals surface area contributed by atoms with Crippen molar-refractivity contribution in [2.75, 3.05) is 47.5 Å². The molecule has 0 aliphatic heterocycles. The lowest BCUT2D eigenvalue weighted by Gasteiger charge is -2.24. The monoisotopic (exact) mass is 540 g/mol. The smallest absolute Gasteiger partial charge is 0.361 e. The third-order valence-corrected chi connectivity index (χ3v) is 5.64. The van der Waals surface area contributed by atoms with Crippen molar-refractivity contribution in [1.82, 2.24) is 0 Å². The zero-order valence-corrected chi connectivity index (χ0v) is 24.3. The van der Waals surface area contributed by atoms with E-state index >= 15 is 0 Å². The van der Waals surface area contributed by atoms with E-state index in [0.717, 1.165) is 44.9 Å². The molecular formula is C30H54NO7+. The largest absolute Gasteiger partial charge is 0.477 e. The standard InChI is InChI=1S/C30H53NO7/c1-5-6-7-8-9-10-11-12-13-14-15-16-17-18-19-20-21-22-28(33)37-25-27(32)26-38-30(29(34)35)36-24-23-31(2,3)4/h6-7,9-10,12-13,27,30,32H,5,8,11,14-26H2,1-4H3/p+1/b7-6-,10-9-,13-12-. The van der Waals surface area contributed by atoms with Crippen LogP contribution in [0.3, 0.4) is 0 Å². The van der Waals surface area contributed by atoms with Crippen molar-refractivity contribution in [1.29, 1.82) is 0 Å². The Morgan fingerprint density at radius 3 is 1.97 bits per heavy atom. The Balaban J connectivity index is 3.67. The molecule has 2 atom stereocenters. The predicted molar refractivity (Wildman–Crippen MR) is 152 cm³/mol. The molecule has 2 unspecified atom stereocenters. The average molecular weight is 541 g/mol. The van der Waals surface area contributed by atoms with E-state index in [1.165, 1.54) is 25.7 Å². The second-order valence-corrected chi connectivity index (χ2v) is 10.5. The number of hydrogen-bond acceptors (Lipinski definition) is 6. The summed E-state index contributed by atoms with van der Waals surface area (Å²) in [6, 6.07) is 0. The predicted octanol–water partition coefficient (Wildman–Crippen LogP) is 5.41. The van der Waals surface area contributed by atoms with Gasteiger partial charge in [0.15, 0.2) is 0 Å². The topological polar surface area (TPSA) is 102 Å². The lowest BCUT2D eigenvalue weighted by Crippen LogP contribution is -2.40. The van der Waals surface area contributed by atoms with Crippen molar-refractivity contribution in [2.45, 2.75) is 96.4 Å². The SMILES string of the molecule is CC/C=C\C/C=C\C/C=C\CCCCCCCCCC(=O)OCC(O)COC(OCC[N+](C)(C)C)C(=O)O. The summed E-state index contributed by atoms with van der Waals surface area (Å²) in [5.41, 5.74) is 0. The summed E-state index contributed by atoms with van der Waals surface area (Å²) < 4.78 is 16.1. The normalized spacial score (nSPS) is 14.0. The first kappa shape index (κ1) is 36.0. The average Bonchev–Trinajstić information content (AvgIpc) is 2.85. The Bertz CT molecular complexity index is 683. The Labute approximate surface area is 230 Å². The molecule has 8 nitrogen and oxygen atoms in total. The van der Waals surface area contributed by atoms with Gasteiger partial charge >= 0.3 is 11.9 Å². The second kappa shape index (κ2) is 24.1. The molecule has 0 bridgehead atoms. The molecule has 8 heteroatoms. The van der Waals surface area contributed by atoms with Crippen molar-refractivity contribution < 1.29 is 38.5 Å². The van der Waals surface area contributed by atoms with Crippen molar-refractivity contribution in [3.8, 4) is 0 Å². The number of nitrogens with zero attached hydrogens (tertiary/aromatic N) is 1. The maximum atomic E-state index is 11.9. The molecule has 0 radical (unpaired) electrons. The summed E-state index contributed by atoms with van der Waals surface area (Å²) in [5.74, 6) is -1.63. The minimum atomic E-state index is -1.46. The van der Waals surface area contributed by atoms with Crippen LogP contribution in [-0.2, 0) is 23.8 Å². The van der Waals surface area contributed by atoms with Crippen molar-refractivity contribution in [2.24, 2.45) is 0 Å². The Morgan fingerprint density at radius 1 is 0.789 bits per heavy atom. The highest BCUT2D eigenvalue weighted by molar-refractivity contribution is 5.70. The van der Waals surface area contributed by atoms with Crippen LogP contribution in [0.15, 0.2) is 36.5 Å². The number of unbranched alkanes of at least 4 members (excludes halogenated alkanes) is 7. The van der Waals surface area contributed by atoms with Crippen molar-refractivity contribution in [3.63, 3.8) is 0 Å². The summed E-state index contributed by atoms with van der Waals surface area (Å²) in [5, 5.41) is 19.1. The van der Waals surface area contributed by atoms with Gasteiger partial charge in [-0.3, -0.25) is 4.79 Å². The number of allylic oxidation sites excluding steroid dienone is 6. The molecule has 0 aliphatic rings. The van der Waals surface area contributed by atoms with Crippen LogP contribution in [0, 0.1) is 0 Å². The number of carboxylic acid groups (broad SMARTS) is 1. The summed E-state index contributed by atoms with van der Waals surface area (Å²) in [6.45, 7) is 2.44. The van der Waals surface area contributed by atoms with Gasteiger partial charge in [0, 0.05) is 6.42 Å². The lowest BCUT2D eigenvalue weighted by molar-refractivity contribution is -0.870. The Kier molecular flexibility index (Phi) is 22.8. The number of aliphatic hydroxyl groups is 1. The number of likely N-dealkylation sites (N-methyl/N-ethyl adjacent to an activating group) is 1. The van der Waals surface area contributed by atoms with Crippen LogP contribution in [0.5, 0.6) is 0 Å². The molecule has 0 saturated heterocycles. The number of ether oxygens (including phenoxy) is 3. The molecule has 0 fully saturated rings. The number of hydrogen-bond donors (Lipinski definition) is 2. The van der Waals surface area contributed by atoms with Gasteiger partial charge in [0.05, 0.1) is 34.4 Å². The van der Waals surface area contributed by atoms with Gasteiger partial charge in [-0.15, -0.1) is 0 Å². The Hall–Kier alpha value is -2.00. The summed E-state index contributed by atoms with van der Waals surface area (Å²) >= 11 is 0. The summed E-state index contributed by atoms with van der Waals surface area (Å²) in [7, 11) is 5.90. The molecule has 0 saturated carbocycles. The number of esters is 1. The van der Waals surface area contributed by atoms with Crippen LogP contribution in [0.2, 0.25) is 0 Å². The molecule has 0 rings (SSSR count). The van der Waals surface area contributed by atoms with Crippen LogP contribution in [-0.4, -0.2) is 86.5 Å². The van der Waals surface area contributed by atoms with Gasteiger partial charge in [-0.1, -0.05) is 75.5 Å². The molecule has 0 aromatic heterocycles. The van der Waals surface area contributed by atoms with E-state index < -0.39 is 18.4 Å². The van der Waals surface area contributed by atoms with Gasteiger partial charge in [0.2, 0.25) is 0 Å². The molecule has 220 valence electrons. The van der Waals surface area contributed by atoms with E-state index in [1.807, 2.05) is 21.1 Å². The van der Waals surface area contributed by atoms with E-state index in [1.54, 1.807) is 0 Å². The highest BCUT2D eigenvalue weighted by atomic mass is 16.7. The van der Waals surface area contributed by atoms with Crippen LogP contribution in [0.25, 0.3) is 0 Å². The van der Waals surface area contributed by atoms with E-state index in [9.17, 15) is 19.8 Å². The highest BCUT2D eigenvalue weighted by Gasteiger charge is 2.22. The highest BCUT2D eigenvalue weighted by Crippen LogP contribution is 2.11. The van der Waals surface area contributed by atoms with E-state index in [2.05, 4.69) is 43.4 Å². The zero-order valence-electron chi connectivity index (χ0n) is 24.3. The number of aliphatic carboxylic acids is 1. The molecule has 0 heterocycles. The molecule has 0 aromatic rings. The van der Waals surface area contributed by atoms with Gasteiger partial charge < -0.3 is 28.9 Å². The molecular weight excluding hydrogens is 486 g/mol. The quantitative estimate of drug-likeness (QED) is 0.0525. The van der Waals surface area contributed by atoms with Crippen molar-refractivity contribution >= 4 is 11.9 Å². The lowest BCUT2D eigenvalue weighted by atomic mass is 10.1. The van der Waals surface area contributed by atoms with E-state index in [-0.39, 0.29) is 25.8 Å². The second-order valence-electron chi connectivity index (χ2n) is 10.5. The molecule has 2 N–H and O–H groups in total. The molecule has 0 aromatic carbocycles. The summed E-state index contributed by atoms with van der Waals surface area (Å²) in [6.07, 6.45) is 23.0. The van der Waals surface area contributed by atoms with Gasteiger partial charge in [0.25, 0.3) is 6.29 Å². The number of carbonyl (C=O) groups is 2. The molecule has 0 spiro atoms. The maximum absolute atomic E-state index is 11.9. The number of carboxylic acids is 1. The minimum Gasteiger partial charge on any atom is -0.477 e. The molecule has 0 aliphatic carbocycles. The van der Waals surface area contributed by atoms with Gasteiger partial charge in [-0.2, -0.15) is 0 Å². The fraction of sp³-hybridized carbons (Fsp3) is 0.733. The third kappa shape index (κ3) is 25.6. The number of rotatable bonds is 25. The van der Waals surface area contributed by atoms with Crippen LogP contribution in [0.1, 0.15) is 84.0 Å². The minimum absolute atomic E-state index is 0.207. The summed E-state index contributed by atoms with van der Waals surface area (Å²) in [4.78, 5) is 23.1. The molecule has 38 heavy (non-hydrogen) atoms. The fourth-order valence-electron chi connectivity index (χ4n) is 3.37. The molecule has 0 amide bonds. The van der Waals surface area contributed by atoms with Crippen LogP contribution < -0.4 is 0 Å². The van der Waals surface area contributed by atoms with Gasteiger partial charge in [-0.05, 0) is 38.5 Å². The first-order valence-corrected chi connectivity index (χ1v) is 14.2.